The molecule has 4 fully saturated rings. The van der Waals surface area contributed by atoms with Crippen LogP contribution in [0.3, 0.4) is 0 Å². The van der Waals surface area contributed by atoms with E-state index in [0.29, 0.717) is 37.6 Å². The summed E-state index contributed by atoms with van der Waals surface area (Å²) in [6.45, 7) is 1.56. The van der Waals surface area contributed by atoms with Gasteiger partial charge in [-0.25, -0.2) is 9.13 Å². The average Bonchev–Trinajstić information content (AvgIpc) is 2.81. The van der Waals surface area contributed by atoms with Gasteiger partial charge in [-0.2, -0.15) is 0 Å². The van der Waals surface area contributed by atoms with Crippen LogP contribution >= 0.6 is 37.2 Å². The Balaban J connectivity index is 1.12. The van der Waals surface area contributed by atoms with Crippen molar-refractivity contribution >= 4 is 49.2 Å². The van der Waals surface area contributed by atoms with Gasteiger partial charge in [0.25, 0.3) is 0 Å². The Labute approximate surface area is 200 Å². The van der Waals surface area contributed by atoms with Crippen molar-refractivity contribution in [3.63, 3.8) is 0 Å². The highest BCUT2D eigenvalue weighted by atomic mass is 33.1. The molecule has 190 valence electrons. The fourth-order valence-electron chi connectivity index (χ4n) is 2.70. The van der Waals surface area contributed by atoms with Gasteiger partial charge in [-0.05, 0) is 6.42 Å². The number of rotatable bonds is 14. The van der Waals surface area contributed by atoms with Crippen LogP contribution < -0.4 is 0 Å². The molecule has 16 heteroatoms. The van der Waals surface area contributed by atoms with Gasteiger partial charge in [-0.3, -0.25) is 36.7 Å². The second-order valence-corrected chi connectivity index (χ2v) is 13.5. The second kappa shape index (κ2) is 13.2. The first kappa shape index (κ1) is 27.4. The Morgan fingerprint density at radius 2 is 1.39 bits per heavy atom. The summed E-state index contributed by atoms with van der Waals surface area (Å²) in [5.74, 6) is 0.381. The number of fused-ring (bicyclic) bond motifs is 3. The third kappa shape index (κ3) is 9.44. The highest BCUT2D eigenvalue weighted by Crippen LogP contribution is 2.60. The molecule has 0 amide bonds. The van der Waals surface area contributed by atoms with Crippen LogP contribution in [0.15, 0.2) is 0 Å². The van der Waals surface area contributed by atoms with E-state index in [1.54, 1.807) is 0 Å². The molecule has 0 saturated carbocycles. The van der Waals surface area contributed by atoms with E-state index >= 15 is 0 Å². The Morgan fingerprint density at radius 3 is 2.00 bits per heavy atom. The summed E-state index contributed by atoms with van der Waals surface area (Å²) >= 11 is 0. The van der Waals surface area contributed by atoms with E-state index < -0.39 is 21.1 Å². The third-order valence-corrected chi connectivity index (χ3v) is 9.82. The molecule has 4 saturated heterocycles. The molecular weight excluding hydrogens is 522 g/mol. The minimum atomic E-state index is -3.44. The van der Waals surface area contributed by atoms with Gasteiger partial charge in [0.2, 0.25) is 0 Å². The molecule has 4 heterocycles. The van der Waals surface area contributed by atoms with Crippen LogP contribution in [0.1, 0.15) is 25.7 Å². The summed E-state index contributed by atoms with van der Waals surface area (Å²) in [5.41, 5.74) is -0.606. The van der Waals surface area contributed by atoms with Crippen LogP contribution in [0.4, 0.5) is 0 Å². The van der Waals surface area contributed by atoms with Crippen molar-refractivity contribution < 1.29 is 55.3 Å². The normalized spacial score (nSPS) is 28.4. The van der Waals surface area contributed by atoms with Gasteiger partial charge >= 0.3 is 27.6 Å². The molecule has 4 aliphatic heterocycles. The van der Waals surface area contributed by atoms with Crippen molar-refractivity contribution in [3.8, 4) is 0 Å². The quantitative estimate of drug-likeness (QED) is 0.135. The maximum Gasteiger partial charge on any atom is 0.474 e. The number of esters is 2. The van der Waals surface area contributed by atoms with Crippen LogP contribution in [-0.4, -0.2) is 76.3 Å². The number of carbonyl (C=O) groups excluding carboxylic acids is 2. The molecule has 0 aliphatic carbocycles. The topological polar surface area (TPSA) is 142 Å². The molecular formula is C17H28O12P2S2. The molecule has 33 heavy (non-hydrogen) atoms. The predicted octanol–water partition coefficient (Wildman–Crippen LogP) is 3.36. The average molecular weight is 550 g/mol. The lowest BCUT2D eigenvalue weighted by Gasteiger charge is -2.43. The largest absolute Gasteiger partial charge is 0.474 e. The fraction of sp³-hybridized carbons (Fsp3) is 0.882. The summed E-state index contributed by atoms with van der Waals surface area (Å²) in [6, 6.07) is 0. The molecule has 4 aliphatic rings. The lowest BCUT2D eigenvalue weighted by molar-refractivity contribution is -0.159. The van der Waals surface area contributed by atoms with Gasteiger partial charge in [0.15, 0.2) is 0 Å². The second-order valence-electron chi connectivity index (χ2n) is 7.45. The predicted molar refractivity (Wildman–Crippen MR) is 119 cm³/mol. The summed E-state index contributed by atoms with van der Waals surface area (Å²) in [5, 5.41) is 0. The minimum Gasteiger partial charge on any atom is -0.466 e. The molecule has 2 bridgehead atoms. The first-order valence-electron chi connectivity index (χ1n) is 10.5. The van der Waals surface area contributed by atoms with Crippen molar-refractivity contribution in [1.82, 2.24) is 0 Å². The van der Waals surface area contributed by atoms with Crippen molar-refractivity contribution in [3.05, 3.63) is 0 Å². The van der Waals surface area contributed by atoms with Crippen LogP contribution in [0.2, 0.25) is 0 Å². The van der Waals surface area contributed by atoms with Gasteiger partial charge in [-0.1, -0.05) is 21.6 Å². The van der Waals surface area contributed by atoms with Crippen molar-refractivity contribution in [2.75, 3.05) is 64.4 Å². The molecule has 0 aromatic carbocycles. The van der Waals surface area contributed by atoms with E-state index in [0.717, 1.165) is 0 Å². The number of phosphoric acid groups is 2. The highest BCUT2D eigenvalue weighted by molar-refractivity contribution is 8.76. The fourth-order valence-corrected chi connectivity index (χ4v) is 7.44. The van der Waals surface area contributed by atoms with E-state index in [2.05, 4.69) is 0 Å². The molecule has 0 radical (unpaired) electrons. The summed E-state index contributed by atoms with van der Waals surface area (Å²) in [4.78, 5) is 23.6. The van der Waals surface area contributed by atoms with Gasteiger partial charge < -0.3 is 9.47 Å². The number of hydrogen-bond acceptors (Lipinski definition) is 14. The maximum absolute atomic E-state index is 11.9. The molecule has 0 unspecified atom stereocenters. The Morgan fingerprint density at radius 1 is 0.818 bits per heavy atom. The number of ether oxygens (including phenoxy) is 2. The molecule has 0 spiro atoms. The van der Waals surface area contributed by atoms with Gasteiger partial charge in [0.1, 0.15) is 6.61 Å². The Bertz CT molecular complexity index is 725. The van der Waals surface area contributed by atoms with E-state index in [9.17, 15) is 18.7 Å². The van der Waals surface area contributed by atoms with Crippen LogP contribution in [0.5, 0.6) is 0 Å². The molecule has 4 rings (SSSR count). The minimum absolute atomic E-state index is 0.0815. The monoisotopic (exact) mass is 550 g/mol. The number of carbonyl (C=O) groups is 2. The molecule has 0 N–H and O–H groups in total. The van der Waals surface area contributed by atoms with Gasteiger partial charge in [-0.15, -0.1) is 0 Å². The van der Waals surface area contributed by atoms with E-state index in [-0.39, 0.29) is 64.4 Å². The van der Waals surface area contributed by atoms with E-state index in [1.807, 2.05) is 0 Å². The van der Waals surface area contributed by atoms with Crippen molar-refractivity contribution in [2.24, 2.45) is 5.41 Å². The standard InChI is InChI=1S/C17H28O12P2S2/c18-15(22-5-1-6-24-30(20)25-7-2-8-26-30)3-9-32-33-10-4-16(19)23-11-17-12-27-31(21,28-13-17)29-14-17/h1-14H2. The van der Waals surface area contributed by atoms with Crippen LogP contribution in [-0.2, 0) is 55.3 Å². The number of phosphoric ester groups is 2. The lowest BCUT2D eigenvalue weighted by atomic mass is 9.92. The Hall–Kier alpha value is -0.140. The zero-order valence-electron chi connectivity index (χ0n) is 18.0. The summed E-state index contributed by atoms with van der Waals surface area (Å²) < 4.78 is 64.3. The number of hydrogen-bond donors (Lipinski definition) is 0. The highest BCUT2D eigenvalue weighted by Gasteiger charge is 2.51. The van der Waals surface area contributed by atoms with Crippen LogP contribution in [0.25, 0.3) is 0 Å². The molecule has 0 atom stereocenters. The van der Waals surface area contributed by atoms with E-state index in [4.69, 9.17) is 36.6 Å². The summed E-state index contributed by atoms with van der Waals surface area (Å²) in [7, 11) is -3.89. The zero-order chi connectivity index (χ0) is 23.6. The van der Waals surface area contributed by atoms with Gasteiger partial charge in [0, 0.05) is 17.9 Å². The molecule has 0 aromatic heterocycles. The van der Waals surface area contributed by atoms with E-state index in [1.165, 1.54) is 21.6 Å². The maximum atomic E-state index is 11.9. The van der Waals surface area contributed by atoms with Crippen molar-refractivity contribution in [2.45, 2.75) is 25.7 Å². The SMILES string of the molecule is O=C(CCSSCCC(=O)OCC12COP(=O)(OC1)OC2)OCCCOP1(=O)OCCCO1. The van der Waals surface area contributed by atoms with Gasteiger partial charge in [0.05, 0.1) is 64.5 Å². The first-order valence-corrected chi connectivity index (χ1v) is 15.9. The van der Waals surface area contributed by atoms with Crippen LogP contribution in [0, 0.1) is 5.41 Å². The first-order chi connectivity index (χ1) is 15.8. The smallest absolute Gasteiger partial charge is 0.466 e. The molecule has 12 nitrogen and oxygen atoms in total. The summed E-state index contributed by atoms with van der Waals surface area (Å²) in [6.07, 6.45) is 1.52. The Kier molecular flexibility index (Phi) is 11.0. The van der Waals surface area contributed by atoms with Crippen molar-refractivity contribution in [1.29, 1.82) is 0 Å². The third-order valence-electron chi connectivity index (χ3n) is 4.58. The lowest BCUT2D eigenvalue weighted by Crippen LogP contribution is -2.48. The molecule has 0 aromatic rings. The zero-order valence-corrected chi connectivity index (χ0v) is 21.4.